The van der Waals surface area contributed by atoms with E-state index in [0.29, 0.717) is 17.8 Å². The van der Waals surface area contributed by atoms with E-state index in [1.807, 2.05) is 0 Å². The summed E-state index contributed by atoms with van der Waals surface area (Å²) in [6.07, 6.45) is 1.18. The van der Waals surface area contributed by atoms with Crippen molar-refractivity contribution in [2.45, 2.75) is 13.3 Å². The fourth-order valence-electron chi connectivity index (χ4n) is 1.71. The van der Waals surface area contributed by atoms with Gasteiger partial charge in [-0.3, -0.25) is 0 Å². The summed E-state index contributed by atoms with van der Waals surface area (Å²) in [7, 11) is 1.77. The van der Waals surface area contributed by atoms with E-state index in [0.717, 1.165) is 13.1 Å². The molecule has 15 heavy (non-hydrogen) atoms. The van der Waals surface area contributed by atoms with Gasteiger partial charge in [-0.05, 0) is 23.9 Å². The first-order valence-electron chi connectivity index (χ1n) is 5.03. The maximum absolute atomic E-state index is 5.81. The van der Waals surface area contributed by atoms with Crippen LogP contribution >= 0.6 is 11.6 Å². The van der Waals surface area contributed by atoms with Crippen molar-refractivity contribution in [1.82, 2.24) is 15.0 Å². The summed E-state index contributed by atoms with van der Waals surface area (Å²) in [6.45, 7) is 4.20. The standard InChI is InChI=1S/C9H14ClN5/c1-6-3-4-15(5-6)9-13-7(10)12-8(11-2)14-9/h6H,3-5H2,1-2H3,(H,11,12,13,14). The number of hydrogen-bond donors (Lipinski definition) is 1. The first-order chi connectivity index (χ1) is 7.19. The molecule has 0 bridgehead atoms. The molecule has 1 aromatic rings. The van der Waals surface area contributed by atoms with Crippen LogP contribution in [0.15, 0.2) is 0 Å². The van der Waals surface area contributed by atoms with Crippen LogP contribution in [0.1, 0.15) is 13.3 Å². The van der Waals surface area contributed by atoms with E-state index >= 15 is 0 Å². The van der Waals surface area contributed by atoms with Crippen molar-refractivity contribution >= 4 is 23.5 Å². The molecular weight excluding hydrogens is 214 g/mol. The van der Waals surface area contributed by atoms with Gasteiger partial charge in [0.25, 0.3) is 0 Å². The summed E-state index contributed by atoms with van der Waals surface area (Å²) >= 11 is 5.81. The maximum Gasteiger partial charge on any atom is 0.231 e. The van der Waals surface area contributed by atoms with Gasteiger partial charge >= 0.3 is 0 Å². The molecular formula is C9H14ClN5. The first-order valence-corrected chi connectivity index (χ1v) is 5.41. The summed E-state index contributed by atoms with van der Waals surface area (Å²) in [5.74, 6) is 1.88. The molecule has 6 heteroatoms. The molecule has 0 saturated carbocycles. The SMILES string of the molecule is CNc1nc(Cl)nc(N2CCC(C)C2)n1. The fourth-order valence-corrected chi connectivity index (χ4v) is 1.87. The Morgan fingerprint density at radius 3 is 2.80 bits per heavy atom. The number of rotatable bonds is 2. The zero-order valence-corrected chi connectivity index (χ0v) is 9.62. The number of halogens is 1. The Morgan fingerprint density at radius 2 is 2.20 bits per heavy atom. The molecule has 1 aromatic heterocycles. The lowest BCUT2D eigenvalue weighted by Crippen LogP contribution is -2.22. The molecule has 82 valence electrons. The Balaban J connectivity index is 2.24. The summed E-state index contributed by atoms with van der Waals surface area (Å²) < 4.78 is 0. The molecule has 1 fully saturated rings. The Kier molecular flexibility index (Phi) is 2.90. The monoisotopic (exact) mass is 227 g/mol. The number of hydrogen-bond acceptors (Lipinski definition) is 5. The minimum atomic E-state index is 0.240. The summed E-state index contributed by atoms with van der Waals surface area (Å²) in [4.78, 5) is 14.5. The highest BCUT2D eigenvalue weighted by Gasteiger charge is 2.21. The van der Waals surface area contributed by atoms with E-state index in [2.05, 4.69) is 32.1 Å². The van der Waals surface area contributed by atoms with Crippen LogP contribution in [0.3, 0.4) is 0 Å². The van der Waals surface area contributed by atoms with Crippen molar-refractivity contribution in [2.75, 3.05) is 30.4 Å². The Bertz CT molecular complexity index is 356. The summed E-state index contributed by atoms with van der Waals surface area (Å²) in [5.41, 5.74) is 0. The average molecular weight is 228 g/mol. The van der Waals surface area contributed by atoms with Crippen LogP contribution in [0.5, 0.6) is 0 Å². The molecule has 1 atom stereocenters. The second-order valence-electron chi connectivity index (χ2n) is 3.82. The molecule has 0 amide bonds. The van der Waals surface area contributed by atoms with Crippen LogP contribution in [-0.2, 0) is 0 Å². The second kappa shape index (κ2) is 4.18. The lowest BCUT2D eigenvalue weighted by atomic mass is 10.2. The van der Waals surface area contributed by atoms with Crippen LogP contribution in [-0.4, -0.2) is 35.1 Å². The zero-order valence-electron chi connectivity index (χ0n) is 8.87. The molecule has 1 N–H and O–H groups in total. The second-order valence-corrected chi connectivity index (χ2v) is 4.16. The van der Waals surface area contributed by atoms with E-state index in [1.54, 1.807) is 7.05 Å². The molecule has 0 aromatic carbocycles. The number of anilines is 2. The van der Waals surface area contributed by atoms with Crippen molar-refractivity contribution in [3.05, 3.63) is 5.28 Å². The zero-order chi connectivity index (χ0) is 10.8. The summed E-state index contributed by atoms with van der Waals surface area (Å²) in [5, 5.41) is 3.11. The van der Waals surface area contributed by atoms with Crippen molar-refractivity contribution in [2.24, 2.45) is 5.92 Å². The van der Waals surface area contributed by atoms with Gasteiger partial charge in [-0.2, -0.15) is 15.0 Å². The van der Waals surface area contributed by atoms with Crippen LogP contribution in [0.2, 0.25) is 5.28 Å². The molecule has 2 heterocycles. The van der Waals surface area contributed by atoms with Gasteiger partial charge in [0.2, 0.25) is 17.2 Å². The highest BCUT2D eigenvalue weighted by Crippen LogP contribution is 2.21. The van der Waals surface area contributed by atoms with Gasteiger partial charge in [-0.15, -0.1) is 0 Å². The maximum atomic E-state index is 5.81. The lowest BCUT2D eigenvalue weighted by molar-refractivity contribution is 0.658. The molecule has 1 aliphatic rings. The summed E-state index contributed by atoms with van der Waals surface area (Å²) in [6, 6.07) is 0. The third-order valence-corrected chi connectivity index (χ3v) is 2.70. The molecule has 1 saturated heterocycles. The smallest absolute Gasteiger partial charge is 0.231 e. The van der Waals surface area contributed by atoms with Gasteiger partial charge in [-0.1, -0.05) is 6.92 Å². The van der Waals surface area contributed by atoms with Crippen molar-refractivity contribution in [3.63, 3.8) is 0 Å². The topological polar surface area (TPSA) is 53.9 Å². The largest absolute Gasteiger partial charge is 0.357 e. The molecule has 1 aliphatic heterocycles. The van der Waals surface area contributed by atoms with E-state index in [1.165, 1.54) is 6.42 Å². The van der Waals surface area contributed by atoms with Gasteiger partial charge in [0.05, 0.1) is 0 Å². The quantitative estimate of drug-likeness (QED) is 0.828. The predicted molar refractivity (Wildman–Crippen MR) is 60.4 cm³/mol. The van der Waals surface area contributed by atoms with Gasteiger partial charge < -0.3 is 10.2 Å². The van der Waals surface area contributed by atoms with Gasteiger partial charge in [0.15, 0.2) is 0 Å². The third kappa shape index (κ3) is 2.28. The highest BCUT2D eigenvalue weighted by molar-refractivity contribution is 6.28. The van der Waals surface area contributed by atoms with Crippen molar-refractivity contribution in [1.29, 1.82) is 0 Å². The number of nitrogens with one attached hydrogen (secondary N) is 1. The van der Waals surface area contributed by atoms with Gasteiger partial charge in [0.1, 0.15) is 0 Å². The van der Waals surface area contributed by atoms with E-state index in [4.69, 9.17) is 11.6 Å². The van der Waals surface area contributed by atoms with E-state index in [-0.39, 0.29) is 5.28 Å². The first kappa shape index (κ1) is 10.4. The third-order valence-electron chi connectivity index (χ3n) is 2.53. The predicted octanol–water partition coefficient (Wildman–Crippen LogP) is 1.41. The highest BCUT2D eigenvalue weighted by atomic mass is 35.5. The average Bonchev–Trinajstić information content (AvgIpc) is 2.64. The molecule has 5 nitrogen and oxygen atoms in total. The molecule has 0 spiro atoms. The van der Waals surface area contributed by atoms with Gasteiger partial charge in [-0.25, -0.2) is 0 Å². The molecule has 1 unspecified atom stereocenters. The van der Waals surface area contributed by atoms with Gasteiger partial charge in [0, 0.05) is 20.1 Å². The molecule has 0 aliphatic carbocycles. The number of aromatic nitrogens is 3. The minimum absolute atomic E-state index is 0.240. The van der Waals surface area contributed by atoms with Crippen LogP contribution in [0, 0.1) is 5.92 Å². The van der Waals surface area contributed by atoms with Crippen molar-refractivity contribution < 1.29 is 0 Å². The Hall–Kier alpha value is -1.10. The molecule has 0 radical (unpaired) electrons. The van der Waals surface area contributed by atoms with E-state index in [9.17, 15) is 0 Å². The van der Waals surface area contributed by atoms with Crippen molar-refractivity contribution in [3.8, 4) is 0 Å². The van der Waals surface area contributed by atoms with E-state index < -0.39 is 0 Å². The van der Waals surface area contributed by atoms with Crippen LogP contribution < -0.4 is 10.2 Å². The normalized spacial score (nSPS) is 20.7. The number of nitrogens with zero attached hydrogens (tertiary/aromatic N) is 4. The Labute approximate surface area is 93.9 Å². The fraction of sp³-hybridized carbons (Fsp3) is 0.667. The van der Waals surface area contributed by atoms with Crippen LogP contribution in [0.4, 0.5) is 11.9 Å². The minimum Gasteiger partial charge on any atom is -0.357 e. The Morgan fingerprint density at radius 1 is 1.40 bits per heavy atom. The molecule has 2 rings (SSSR count). The van der Waals surface area contributed by atoms with Crippen LogP contribution in [0.25, 0.3) is 0 Å². The lowest BCUT2D eigenvalue weighted by Gasteiger charge is -2.15.